The first-order chi connectivity index (χ1) is 14.5. The van der Waals surface area contributed by atoms with Gasteiger partial charge in [0, 0.05) is 32.1 Å². The Hall–Kier alpha value is -2.22. The van der Waals surface area contributed by atoms with Gasteiger partial charge in [-0.05, 0) is 30.4 Å². The maximum atomic E-state index is 13.0. The third-order valence-corrected chi connectivity index (χ3v) is 7.43. The topological polar surface area (TPSA) is 77.9 Å². The molecule has 0 radical (unpaired) electrons. The minimum Gasteiger partial charge on any atom is -0.395 e. The number of hydrogen-bond acceptors (Lipinski definition) is 4. The van der Waals surface area contributed by atoms with Crippen molar-refractivity contribution >= 4 is 15.9 Å². The molecule has 0 bridgehead atoms. The fourth-order valence-corrected chi connectivity index (χ4v) is 5.44. The number of rotatable bonds is 9. The van der Waals surface area contributed by atoms with E-state index < -0.39 is 10.0 Å². The van der Waals surface area contributed by atoms with E-state index in [4.69, 9.17) is 0 Å². The smallest absolute Gasteiger partial charge is 0.225 e. The van der Waals surface area contributed by atoms with Crippen molar-refractivity contribution in [2.24, 2.45) is 5.92 Å². The second-order valence-corrected chi connectivity index (χ2v) is 9.67. The fraction of sp³-hybridized carbons (Fsp3) is 0.435. The summed E-state index contributed by atoms with van der Waals surface area (Å²) in [6.07, 6.45) is 1.76. The third kappa shape index (κ3) is 6.14. The van der Waals surface area contributed by atoms with E-state index in [-0.39, 0.29) is 24.2 Å². The molecule has 30 heavy (non-hydrogen) atoms. The van der Waals surface area contributed by atoms with Gasteiger partial charge in [0.1, 0.15) is 0 Å². The third-order valence-electron chi connectivity index (χ3n) is 5.58. The highest BCUT2D eigenvalue weighted by Gasteiger charge is 2.32. The van der Waals surface area contributed by atoms with E-state index in [0.717, 1.165) is 17.5 Å². The molecule has 2 aromatic carbocycles. The number of carbonyl (C=O) groups excluding carboxylic acids is 1. The van der Waals surface area contributed by atoms with E-state index in [1.54, 1.807) is 4.90 Å². The van der Waals surface area contributed by atoms with Gasteiger partial charge in [-0.25, -0.2) is 12.7 Å². The van der Waals surface area contributed by atoms with Crippen molar-refractivity contribution in [3.63, 3.8) is 0 Å². The molecule has 2 aromatic rings. The van der Waals surface area contributed by atoms with Gasteiger partial charge in [-0.15, -0.1) is 0 Å². The molecular weight excluding hydrogens is 400 g/mol. The highest BCUT2D eigenvalue weighted by molar-refractivity contribution is 7.88. The first kappa shape index (κ1) is 22.5. The first-order valence-corrected chi connectivity index (χ1v) is 12.1. The lowest BCUT2D eigenvalue weighted by atomic mass is 9.96. The molecule has 6 nitrogen and oxygen atoms in total. The molecular formula is C23H30N2O4S. The lowest BCUT2D eigenvalue weighted by molar-refractivity contribution is -0.137. The Labute approximate surface area is 179 Å². The number of carbonyl (C=O) groups is 1. The summed E-state index contributed by atoms with van der Waals surface area (Å²) < 4.78 is 27.0. The SMILES string of the molecule is O=C(C1CCN(S(=O)(=O)Cc2ccccc2)CC1)N(CCO)CCc1ccccc1. The van der Waals surface area contributed by atoms with Crippen molar-refractivity contribution < 1.29 is 18.3 Å². The van der Waals surface area contributed by atoms with Crippen LogP contribution < -0.4 is 0 Å². The molecule has 0 saturated carbocycles. The lowest BCUT2D eigenvalue weighted by Crippen LogP contribution is -2.45. The standard InChI is InChI=1S/C23H30N2O4S/c26-18-17-24(14-11-20-7-3-1-4-8-20)23(27)22-12-15-25(16-13-22)30(28,29)19-21-9-5-2-6-10-21/h1-10,22,26H,11-19H2. The summed E-state index contributed by atoms with van der Waals surface area (Å²) in [5, 5.41) is 9.39. The number of aliphatic hydroxyl groups is 1. The van der Waals surface area contributed by atoms with E-state index in [1.807, 2.05) is 60.7 Å². The summed E-state index contributed by atoms with van der Waals surface area (Å²) in [5.74, 6) is -0.198. The molecule has 1 aliphatic heterocycles. The Balaban J connectivity index is 1.54. The van der Waals surface area contributed by atoms with Gasteiger partial charge in [0.15, 0.2) is 0 Å². The van der Waals surface area contributed by atoms with Gasteiger partial charge in [-0.2, -0.15) is 0 Å². The number of piperidine rings is 1. The Morgan fingerprint density at radius 2 is 1.50 bits per heavy atom. The molecule has 0 atom stereocenters. The van der Waals surface area contributed by atoms with Crippen molar-refractivity contribution in [2.45, 2.75) is 25.0 Å². The Kier molecular flexibility index (Phi) is 8.01. The quantitative estimate of drug-likeness (QED) is 0.662. The molecule has 0 unspecified atom stereocenters. The average molecular weight is 431 g/mol. The number of amides is 1. The molecule has 7 heteroatoms. The maximum absolute atomic E-state index is 13.0. The first-order valence-electron chi connectivity index (χ1n) is 10.4. The maximum Gasteiger partial charge on any atom is 0.225 e. The lowest BCUT2D eigenvalue weighted by Gasteiger charge is -2.33. The predicted molar refractivity (Wildman–Crippen MR) is 117 cm³/mol. The molecule has 162 valence electrons. The van der Waals surface area contributed by atoms with Gasteiger partial charge in [0.25, 0.3) is 0 Å². The molecule has 1 amide bonds. The van der Waals surface area contributed by atoms with Crippen LogP contribution >= 0.6 is 0 Å². The largest absolute Gasteiger partial charge is 0.395 e. The van der Waals surface area contributed by atoms with Crippen LogP contribution in [0.3, 0.4) is 0 Å². The van der Waals surface area contributed by atoms with Crippen molar-refractivity contribution in [3.05, 3.63) is 71.8 Å². The Morgan fingerprint density at radius 3 is 2.07 bits per heavy atom. The Bertz CT molecular complexity index is 895. The van der Waals surface area contributed by atoms with Crippen LogP contribution in [0.4, 0.5) is 0 Å². The van der Waals surface area contributed by atoms with Crippen LogP contribution in [-0.2, 0) is 27.0 Å². The minimum absolute atomic E-state index is 0.0137. The molecule has 0 aliphatic carbocycles. The van der Waals surface area contributed by atoms with Gasteiger partial charge in [-0.3, -0.25) is 4.79 Å². The number of nitrogens with zero attached hydrogens (tertiary/aromatic N) is 2. The normalized spacial score (nSPS) is 15.8. The van der Waals surface area contributed by atoms with Crippen molar-refractivity contribution in [1.29, 1.82) is 0 Å². The Morgan fingerprint density at radius 1 is 0.933 bits per heavy atom. The summed E-state index contributed by atoms with van der Waals surface area (Å²) in [4.78, 5) is 14.7. The highest BCUT2D eigenvalue weighted by atomic mass is 32.2. The van der Waals surface area contributed by atoms with Crippen LogP contribution in [0.2, 0.25) is 0 Å². The van der Waals surface area contributed by atoms with Crippen molar-refractivity contribution in [2.75, 3.05) is 32.8 Å². The van der Waals surface area contributed by atoms with E-state index in [9.17, 15) is 18.3 Å². The second kappa shape index (κ2) is 10.7. The van der Waals surface area contributed by atoms with Crippen LogP contribution in [0.25, 0.3) is 0 Å². The van der Waals surface area contributed by atoms with Crippen LogP contribution in [0.15, 0.2) is 60.7 Å². The van der Waals surface area contributed by atoms with Crippen LogP contribution in [0.5, 0.6) is 0 Å². The summed E-state index contributed by atoms with van der Waals surface area (Å²) in [7, 11) is -3.39. The molecule has 1 fully saturated rings. The monoisotopic (exact) mass is 430 g/mol. The fourth-order valence-electron chi connectivity index (χ4n) is 3.88. The molecule has 0 spiro atoms. The van der Waals surface area contributed by atoms with Gasteiger partial charge in [0.2, 0.25) is 15.9 Å². The van der Waals surface area contributed by atoms with Gasteiger partial charge < -0.3 is 10.0 Å². The number of benzene rings is 2. The predicted octanol–water partition coefficient (Wildman–Crippen LogP) is 2.29. The van der Waals surface area contributed by atoms with Crippen LogP contribution in [-0.4, -0.2) is 61.4 Å². The van der Waals surface area contributed by atoms with Crippen molar-refractivity contribution in [1.82, 2.24) is 9.21 Å². The van der Waals surface area contributed by atoms with Gasteiger partial charge >= 0.3 is 0 Å². The van der Waals surface area contributed by atoms with Crippen LogP contribution in [0, 0.1) is 5.92 Å². The van der Waals surface area contributed by atoms with E-state index in [0.29, 0.717) is 39.0 Å². The van der Waals surface area contributed by atoms with Gasteiger partial charge in [0.05, 0.1) is 12.4 Å². The molecule has 1 N–H and O–H groups in total. The van der Waals surface area contributed by atoms with E-state index >= 15 is 0 Å². The minimum atomic E-state index is -3.39. The highest BCUT2D eigenvalue weighted by Crippen LogP contribution is 2.23. The summed E-state index contributed by atoms with van der Waals surface area (Å²) in [6, 6.07) is 19.1. The zero-order valence-corrected chi connectivity index (χ0v) is 18.0. The molecule has 1 aliphatic rings. The second-order valence-electron chi connectivity index (χ2n) is 7.70. The number of hydrogen-bond donors (Lipinski definition) is 1. The molecule has 0 aromatic heterocycles. The zero-order chi connectivity index (χ0) is 21.4. The van der Waals surface area contributed by atoms with Crippen molar-refractivity contribution in [3.8, 4) is 0 Å². The summed E-state index contributed by atoms with van der Waals surface area (Å²) in [5.41, 5.74) is 1.92. The number of aliphatic hydroxyl groups excluding tert-OH is 1. The van der Waals surface area contributed by atoms with E-state index in [2.05, 4.69) is 0 Å². The molecule has 3 rings (SSSR count). The zero-order valence-electron chi connectivity index (χ0n) is 17.2. The summed E-state index contributed by atoms with van der Waals surface area (Å²) in [6.45, 7) is 1.49. The molecule has 1 saturated heterocycles. The van der Waals surface area contributed by atoms with Crippen LogP contribution in [0.1, 0.15) is 24.0 Å². The molecule has 1 heterocycles. The summed E-state index contributed by atoms with van der Waals surface area (Å²) >= 11 is 0. The van der Waals surface area contributed by atoms with Gasteiger partial charge in [-0.1, -0.05) is 60.7 Å². The average Bonchev–Trinajstić information content (AvgIpc) is 2.77. The van der Waals surface area contributed by atoms with E-state index in [1.165, 1.54) is 4.31 Å². The number of sulfonamides is 1.